The first-order valence-corrected chi connectivity index (χ1v) is 16.3. The molecule has 18 heteroatoms. The van der Waals surface area contributed by atoms with Crippen molar-refractivity contribution in [3.63, 3.8) is 0 Å². The van der Waals surface area contributed by atoms with Crippen LogP contribution in [0, 0.1) is 0 Å². The number of aliphatic imine (C=N–C) groups is 1. The molecule has 47 heavy (non-hydrogen) atoms. The van der Waals surface area contributed by atoms with Crippen LogP contribution in [0.25, 0.3) is 11.1 Å². The molecule has 5 rings (SSSR count). The fourth-order valence-electron chi connectivity index (χ4n) is 4.83. The average molecular weight is 687 g/mol. The topological polar surface area (TPSA) is 232 Å². The molecule has 0 aliphatic carbocycles. The Labute approximate surface area is 272 Å². The number of hydrogen-bond acceptors (Lipinski definition) is 13. The predicted molar refractivity (Wildman–Crippen MR) is 170 cm³/mol. The molecule has 0 saturated carbocycles. The summed E-state index contributed by atoms with van der Waals surface area (Å²) in [5.41, 5.74) is 8.84. The van der Waals surface area contributed by atoms with E-state index >= 15 is 0 Å². The van der Waals surface area contributed by atoms with Gasteiger partial charge in [0.2, 0.25) is 0 Å². The minimum absolute atomic E-state index is 0.0631. The number of oxime groups is 1. The number of anilines is 1. The van der Waals surface area contributed by atoms with Crippen molar-refractivity contribution in [1.82, 2.24) is 15.4 Å². The van der Waals surface area contributed by atoms with Crippen molar-refractivity contribution in [1.29, 1.82) is 0 Å². The number of aromatic nitrogens is 1. The van der Waals surface area contributed by atoms with Crippen LogP contribution in [0.4, 0.5) is 10.8 Å². The van der Waals surface area contributed by atoms with Crippen molar-refractivity contribution in [3.8, 4) is 16.9 Å². The SMILES string of the molecule is CCC1=Nc2cc(-c3ccc(OC[C@H](O/N=C(\C(=O)N[C@@H]4C(=O)N(OS(=O)(=O)O)C4(C)C)c4csc(N)n4)C(=O)O)cc3)ccc2C1. The van der Waals surface area contributed by atoms with Crippen LogP contribution < -0.4 is 15.8 Å². The Kier molecular flexibility index (Phi) is 9.30. The molecular weight excluding hydrogens is 656 g/mol. The van der Waals surface area contributed by atoms with Gasteiger partial charge in [-0.25, -0.2) is 9.78 Å². The third kappa shape index (κ3) is 7.40. The van der Waals surface area contributed by atoms with E-state index in [1.165, 1.54) is 24.8 Å². The highest BCUT2D eigenvalue weighted by molar-refractivity contribution is 7.80. The van der Waals surface area contributed by atoms with E-state index in [9.17, 15) is 27.9 Å². The number of hydroxylamine groups is 2. The highest BCUT2D eigenvalue weighted by Crippen LogP contribution is 2.34. The number of ether oxygens (including phenoxy) is 1. The zero-order valence-corrected chi connectivity index (χ0v) is 26.9. The normalized spacial score (nSPS) is 17.7. The third-order valence-electron chi connectivity index (χ3n) is 7.40. The minimum Gasteiger partial charge on any atom is -0.489 e. The van der Waals surface area contributed by atoms with Crippen LogP contribution in [0.5, 0.6) is 5.75 Å². The number of benzene rings is 2. The monoisotopic (exact) mass is 686 g/mol. The number of carbonyl (C=O) groups is 3. The van der Waals surface area contributed by atoms with Crippen LogP contribution in [0.2, 0.25) is 0 Å². The number of aliphatic carboxylic acids is 1. The minimum atomic E-state index is -5.01. The number of thiazole rings is 1. The fraction of sp³-hybridized carbons (Fsp3) is 0.310. The number of nitrogens with zero attached hydrogens (tertiary/aromatic N) is 4. The van der Waals surface area contributed by atoms with Gasteiger partial charge in [-0.2, -0.15) is 13.5 Å². The third-order valence-corrected chi connectivity index (χ3v) is 8.41. The molecule has 5 N–H and O–H groups in total. The van der Waals surface area contributed by atoms with E-state index in [1.807, 2.05) is 24.3 Å². The summed E-state index contributed by atoms with van der Waals surface area (Å²) in [5, 5.41) is 17.7. The molecule has 2 aliphatic heterocycles. The number of fused-ring (bicyclic) bond motifs is 1. The number of rotatable bonds is 13. The number of hydrogen-bond donors (Lipinski definition) is 4. The molecule has 0 bridgehead atoms. The van der Waals surface area contributed by atoms with Gasteiger partial charge in [-0.05, 0) is 55.2 Å². The van der Waals surface area contributed by atoms with E-state index in [1.54, 1.807) is 12.1 Å². The van der Waals surface area contributed by atoms with Crippen LogP contribution in [-0.4, -0.2) is 81.6 Å². The van der Waals surface area contributed by atoms with Crippen molar-refractivity contribution >= 4 is 61.8 Å². The Morgan fingerprint density at radius 2 is 1.91 bits per heavy atom. The second kappa shape index (κ2) is 13.1. The molecule has 2 amide bonds. The highest BCUT2D eigenvalue weighted by atomic mass is 32.3. The van der Waals surface area contributed by atoms with E-state index in [0.29, 0.717) is 10.8 Å². The number of nitrogens with two attached hydrogens (primary N) is 1. The van der Waals surface area contributed by atoms with Gasteiger partial charge in [-0.3, -0.25) is 19.1 Å². The number of β-lactam (4-membered cyclic amide) rings is 1. The number of nitrogens with one attached hydrogen (secondary N) is 1. The predicted octanol–water partition coefficient (Wildman–Crippen LogP) is 2.52. The molecule has 1 aromatic heterocycles. The number of carbonyl (C=O) groups excluding carboxylic acids is 2. The summed E-state index contributed by atoms with van der Waals surface area (Å²) in [5.74, 6) is -3.09. The molecule has 16 nitrogen and oxygen atoms in total. The lowest BCUT2D eigenvalue weighted by Crippen LogP contribution is -2.76. The number of nitrogen functional groups attached to an aromatic ring is 1. The van der Waals surface area contributed by atoms with E-state index in [0.717, 1.165) is 46.7 Å². The molecule has 3 heterocycles. The first-order valence-electron chi connectivity index (χ1n) is 14.1. The molecule has 0 unspecified atom stereocenters. The Balaban J connectivity index is 1.26. The highest BCUT2D eigenvalue weighted by Gasteiger charge is 2.58. The Morgan fingerprint density at radius 1 is 1.21 bits per heavy atom. The van der Waals surface area contributed by atoms with Crippen LogP contribution >= 0.6 is 11.3 Å². The summed E-state index contributed by atoms with van der Waals surface area (Å²) in [6, 6.07) is 11.8. The summed E-state index contributed by atoms with van der Waals surface area (Å²) in [6.07, 6.45) is 0.0787. The fourth-order valence-corrected chi connectivity index (χ4v) is 5.83. The Hall–Kier alpha value is -4.91. The molecule has 2 aliphatic rings. The van der Waals surface area contributed by atoms with Gasteiger partial charge >= 0.3 is 16.4 Å². The summed E-state index contributed by atoms with van der Waals surface area (Å²) >= 11 is 0.963. The average Bonchev–Trinajstić information content (AvgIpc) is 3.65. The first-order chi connectivity index (χ1) is 22.2. The van der Waals surface area contributed by atoms with E-state index in [-0.39, 0.29) is 10.8 Å². The molecular formula is C29H30N6O10S2. The van der Waals surface area contributed by atoms with Gasteiger partial charge < -0.3 is 25.7 Å². The summed E-state index contributed by atoms with van der Waals surface area (Å²) in [4.78, 5) is 51.6. The maximum Gasteiger partial charge on any atom is 0.418 e. The molecule has 2 atom stereocenters. The summed E-state index contributed by atoms with van der Waals surface area (Å²) < 4.78 is 41.1. The Morgan fingerprint density at radius 3 is 2.51 bits per heavy atom. The van der Waals surface area contributed by atoms with Gasteiger partial charge in [0.1, 0.15) is 24.1 Å². The van der Waals surface area contributed by atoms with Crippen LogP contribution in [0.15, 0.2) is 58.0 Å². The van der Waals surface area contributed by atoms with Gasteiger partial charge in [0.15, 0.2) is 10.8 Å². The number of carboxylic acid groups (broad SMARTS) is 1. The van der Waals surface area contributed by atoms with Gasteiger partial charge in [-0.1, -0.05) is 36.3 Å². The zero-order chi connectivity index (χ0) is 34.1. The quantitative estimate of drug-likeness (QED) is 0.0879. The molecule has 248 valence electrons. The second-order valence-electron chi connectivity index (χ2n) is 11.0. The second-order valence-corrected chi connectivity index (χ2v) is 12.9. The van der Waals surface area contributed by atoms with Crippen molar-refractivity contribution in [2.24, 2.45) is 10.1 Å². The number of carboxylic acids is 1. The smallest absolute Gasteiger partial charge is 0.418 e. The van der Waals surface area contributed by atoms with E-state index in [2.05, 4.69) is 37.7 Å². The van der Waals surface area contributed by atoms with Crippen molar-refractivity contribution < 1.29 is 46.3 Å². The van der Waals surface area contributed by atoms with Crippen LogP contribution in [0.1, 0.15) is 38.4 Å². The maximum absolute atomic E-state index is 13.2. The van der Waals surface area contributed by atoms with E-state index < -0.39 is 58.2 Å². The van der Waals surface area contributed by atoms with Gasteiger partial charge in [0.05, 0.1) is 11.2 Å². The summed E-state index contributed by atoms with van der Waals surface area (Å²) in [6.45, 7) is 4.32. The molecule has 3 aromatic rings. The maximum atomic E-state index is 13.2. The molecule has 0 radical (unpaired) electrons. The van der Waals surface area contributed by atoms with Crippen molar-refractivity contribution in [3.05, 3.63) is 59.1 Å². The number of amides is 2. The lowest BCUT2D eigenvalue weighted by molar-refractivity contribution is -0.218. The molecule has 0 spiro atoms. The molecule has 1 saturated heterocycles. The Bertz CT molecular complexity index is 1890. The first kappa shape index (κ1) is 33.5. The van der Waals surface area contributed by atoms with Gasteiger partial charge in [0, 0.05) is 17.5 Å². The lowest BCUT2D eigenvalue weighted by atomic mass is 9.84. The van der Waals surface area contributed by atoms with Gasteiger partial charge in [-0.15, -0.1) is 15.6 Å². The molecule has 1 fully saturated rings. The largest absolute Gasteiger partial charge is 0.489 e. The standard InChI is InChI=1S/C29H30N6O10S2/c1-4-18-11-17-6-5-16(12-20(17)31-18)15-7-9-19(10-8-15)43-13-22(27(38)39)44-34-23(21-14-46-28(30)32-21)25(36)33-24-26(37)35(29(24,2)3)45-47(40,41)42/h5-10,12,14,22,24H,4,11,13H2,1-3H3,(H2,30,32)(H,33,36)(H,38,39)(H,40,41,42)/b34-23-/t22-,24+/m0/s1. The summed E-state index contributed by atoms with van der Waals surface area (Å²) in [7, 11) is -5.01. The zero-order valence-electron chi connectivity index (χ0n) is 25.2. The van der Waals surface area contributed by atoms with Crippen molar-refractivity contribution in [2.45, 2.75) is 51.3 Å². The van der Waals surface area contributed by atoms with E-state index in [4.69, 9.17) is 19.9 Å². The van der Waals surface area contributed by atoms with Gasteiger partial charge in [0.25, 0.3) is 17.9 Å². The van der Waals surface area contributed by atoms with Crippen LogP contribution in [-0.2, 0) is 40.3 Å². The van der Waals surface area contributed by atoms with Crippen LogP contribution in [0.3, 0.4) is 0 Å². The van der Waals surface area contributed by atoms with Crippen molar-refractivity contribution in [2.75, 3.05) is 12.3 Å². The lowest BCUT2D eigenvalue weighted by Gasteiger charge is -2.50. The molecule has 2 aromatic carbocycles.